The van der Waals surface area contributed by atoms with Crippen molar-refractivity contribution in [2.24, 2.45) is 5.92 Å². The van der Waals surface area contributed by atoms with E-state index in [0.717, 1.165) is 6.61 Å². The molecule has 92 valence electrons. The highest BCUT2D eigenvalue weighted by Gasteiger charge is 2.09. The van der Waals surface area contributed by atoms with Crippen LogP contribution in [0.25, 0.3) is 0 Å². The van der Waals surface area contributed by atoms with Gasteiger partial charge in [-0.15, -0.1) is 0 Å². The maximum absolute atomic E-state index is 9.10. The van der Waals surface area contributed by atoms with Crippen molar-refractivity contribution in [2.75, 3.05) is 19.8 Å². The standard InChI is InChI=1S/C12H27NO2/c1-5-6-11(4)8-15-9-12(7-14)13-10(2)3/h10-14H,5-9H2,1-4H3. The minimum Gasteiger partial charge on any atom is -0.395 e. The predicted molar refractivity (Wildman–Crippen MR) is 64.0 cm³/mol. The van der Waals surface area contributed by atoms with E-state index in [2.05, 4.69) is 33.0 Å². The normalized spacial score (nSPS) is 15.6. The molecule has 2 atom stereocenters. The van der Waals surface area contributed by atoms with E-state index in [1.54, 1.807) is 0 Å². The lowest BCUT2D eigenvalue weighted by atomic mass is 10.1. The van der Waals surface area contributed by atoms with Gasteiger partial charge in [-0.25, -0.2) is 0 Å². The largest absolute Gasteiger partial charge is 0.395 e. The van der Waals surface area contributed by atoms with Crippen molar-refractivity contribution < 1.29 is 9.84 Å². The molecule has 0 amide bonds. The van der Waals surface area contributed by atoms with E-state index >= 15 is 0 Å². The van der Waals surface area contributed by atoms with Gasteiger partial charge in [-0.2, -0.15) is 0 Å². The second-order valence-corrected chi connectivity index (χ2v) is 4.63. The van der Waals surface area contributed by atoms with Crippen molar-refractivity contribution in [3.05, 3.63) is 0 Å². The van der Waals surface area contributed by atoms with Crippen molar-refractivity contribution >= 4 is 0 Å². The molecule has 3 heteroatoms. The molecule has 0 rings (SSSR count). The van der Waals surface area contributed by atoms with Crippen molar-refractivity contribution in [1.82, 2.24) is 5.32 Å². The van der Waals surface area contributed by atoms with Crippen LogP contribution in [0.15, 0.2) is 0 Å². The fourth-order valence-electron chi connectivity index (χ4n) is 1.61. The molecule has 2 unspecified atom stereocenters. The number of nitrogens with one attached hydrogen (secondary N) is 1. The molecule has 0 radical (unpaired) electrons. The summed E-state index contributed by atoms with van der Waals surface area (Å²) < 4.78 is 5.58. The number of hydrogen-bond acceptors (Lipinski definition) is 3. The molecule has 0 aliphatic heterocycles. The number of ether oxygens (including phenoxy) is 1. The van der Waals surface area contributed by atoms with E-state index in [0.29, 0.717) is 18.6 Å². The van der Waals surface area contributed by atoms with E-state index in [1.807, 2.05) is 0 Å². The Kier molecular flexibility index (Phi) is 9.06. The Hall–Kier alpha value is -0.120. The Morgan fingerprint density at radius 2 is 1.87 bits per heavy atom. The number of aliphatic hydroxyl groups is 1. The average Bonchev–Trinajstić information content (AvgIpc) is 2.16. The maximum Gasteiger partial charge on any atom is 0.0642 e. The monoisotopic (exact) mass is 217 g/mol. The van der Waals surface area contributed by atoms with Crippen LogP contribution < -0.4 is 5.32 Å². The molecule has 0 aromatic heterocycles. The first-order valence-electron chi connectivity index (χ1n) is 6.04. The molecule has 0 saturated carbocycles. The molecule has 2 N–H and O–H groups in total. The molecule has 3 nitrogen and oxygen atoms in total. The minimum atomic E-state index is 0.0684. The van der Waals surface area contributed by atoms with Crippen molar-refractivity contribution in [2.45, 2.75) is 52.6 Å². The molecule has 0 saturated heterocycles. The highest BCUT2D eigenvalue weighted by Crippen LogP contribution is 2.05. The maximum atomic E-state index is 9.10. The third-order valence-electron chi connectivity index (χ3n) is 2.29. The van der Waals surface area contributed by atoms with Gasteiger partial charge in [0.2, 0.25) is 0 Å². The molecular weight excluding hydrogens is 190 g/mol. The zero-order valence-corrected chi connectivity index (χ0v) is 10.6. The molecule has 0 spiro atoms. The zero-order chi connectivity index (χ0) is 11.7. The highest BCUT2D eigenvalue weighted by molar-refractivity contribution is 4.67. The van der Waals surface area contributed by atoms with Crippen LogP contribution in [-0.4, -0.2) is 37.0 Å². The summed E-state index contributed by atoms with van der Waals surface area (Å²) in [5, 5.41) is 12.4. The smallest absolute Gasteiger partial charge is 0.0642 e. The van der Waals surface area contributed by atoms with E-state index in [1.165, 1.54) is 12.8 Å². The van der Waals surface area contributed by atoms with E-state index in [-0.39, 0.29) is 12.6 Å². The fraction of sp³-hybridized carbons (Fsp3) is 1.00. The van der Waals surface area contributed by atoms with E-state index < -0.39 is 0 Å². The molecule has 0 heterocycles. The van der Waals surface area contributed by atoms with Gasteiger partial charge in [-0.1, -0.05) is 34.1 Å². The third kappa shape index (κ3) is 8.85. The van der Waals surface area contributed by atoms with Gasteiger partial charge >= 0.3 is 0 Å². The lowest BCUT2D eigenvalue weighted by Crippen LogP contribution is -2.41. The van der Waals surface area contributed by atoms with E-state index in [4.69, 9.17) is 9.84 Å². The molecule has 0 fully saturated rings. The van der Waals surface area contributed by atoms with Crippen LogP contribution in [0.2, 0.25) is 0 Å². The van der Waals surface area contributed by atoms with Crippen molar-refractivity contribution in [3.63, 3.8) is 0 Å². The van der Waals surface area contributed by atoms with Gasteiger partial charge in [0.25, 0.3) is 0 Å². The SMILES string of the molecule is CCCC(C)COCC(CO)NC(C)C. The van der Waals surface area contributed by atoms with Crippen molar-refractivity contribution in [1.29, 1.82) is 0 Å². The number of hydrogen-bond donors (Lipinski definition) is 2. The Labute approximate surface area is 94.2 Å². The van der Waals surface area contributed by atoms with Crippen LogP contribution in [0, 0.1) is 5.92 Å². The summed E-state index contributed by atoms with van der Waals surface area (Å²) in [5.74, 6) is 0.619. The molecule has 0 aromatic carbocycles. The summed E-state index contributed by atoms with van der Waals surface area (Å²) in [5.41, 5.74) is 0. The van der Waals surface area contributed by atoms with Gasteiger partial charge in [0.05, 0.1) is 19.3 Å². The first-order valence-corrected chi connectivity index (χ1v) is 6.04. The first kappa shape index (κ1) is 14.9. The lowest BCUT2D eigenvalue weighted by molar-refractivity contribution is 0.0646. The summed E-state index contributed by atoms with van der Waals surface area (Å²) >= 11 is 0. The van der Waals surface area contributed by atoms with Crippen LogP contribution in [0.3, 0.4) is 0 Å². The topological polar surface area (TPSA) is 41.5 Å². The summed E-state index contributed by atoms with van der Waals surface area (Å²) in [7, 11) is 0. The van der Waals surface area contributed by atoms with E-state index in [9.17, 15) is 0 Å². The van der Waals surface area contributed by atoms with Gasteiger partial charge in [-0.3, -0.25) is 0 Å². The molecule has 0 aromatic rings. The van der Waals surface area contributed by atoms with Crippen LogP contribution in [-0.2, 0) is 4.74 Å². The van der Waals surface area contributed by atoms with Gasteiger partial charge in [0, 0.05) is 12.6 Å². The van der Waals surface area contributed by atoms with Gasteiger partial charge in [0.15, 0.2) is 0 Å². The Morgan fingerprint density at radius 1 is 1.20 bits per heavy atom. The summed E-state index contributed by atoms with van der Waals surface area (Å²) in [6.45, 7) is 10.1. The van der Waals surface area contributed by atoms with Crippen LogP contribution in [0.5, 0.6) is 0 Å². The predicted octanol–water partition coefficient (Wildman–Crippen LogP) is 1.80. The quantitative estimate of drug-likeness (QED) is 0.619. The average molecular weight is 217 g/mol. The number of aliphatic hydroxyl groups excluding tert-OH is 1. The second kappa shape index (κ2) is 9.13. The van der Waals surface area contributed by atoms with Gasteiger partial charge in [-0.05, 0) is 12.3 Å². The molecule has 0 aliphatic carbocycles. The van der Waals surface area contributed by atoms with Crippen molar-refractivity contribution in [3.8, 4) is 0 Å². The second-order valence-electron chi connectivity index (χ2n) is 4.63. The number of rotatable bonds is 9. The molecular formula is C12H27NO2. The Balaban J connectivity index is 3.53. The Morgan fingerprint density at radius 3 is 2.33 bits per heavy atom. The van der Waals surface area contributed by atoms with Gasteiger partial charge < -0.3 is 15.2 Å². The highest BCUT2D eigenvalue weighted by atomic mass is 16.5. The fourth-order valence-corrected chi connectivity index (χ4v) is 1.61. The third-order valence-corrected chi connectivity index (χ3v) is 2.29. The minimum absolute atomic E-state index is 0.0684. The van der Waals surface area contributed by atoms with Crippen LogP contribution in [0.1, 0.15) is 40.5 Å². The Bertz CT molecular complexity index is 140. The van der Waals surface area contributed by atoms with Gasteiger partial charge in [0.1, 0.15) is 0 Å². The summed E-state index contributed by atoms with van der Waals surface area (Å²) in [4.78, 5) is 0. The molecule has 15 heavy (non-hydrogen) atoms. The summed E-state index contributed by atoms with van der Waals surface area (Å²) in [6.07, 6.45) is 2.42. The summed E-state index contributed by atoms with van der Waals surface area (Å²) in [6, 6.07) is 0.456. The van der Waals surface area contributed by atoms with Crippen LogP contribution in [0.4, 0.5) is 0 Å². The molecule has 0 bridgehead atoms. The lowest BCUT2D eigenvalue weighted by Gasteiger charge is -2.20. The van der Waals surface area contributed by atoms with Crippen LogP contribution >= 0.6 is 0 Å². The zero-order valence-electron chi connectivity index (χ0n) is 10.6. The molecule has 0 aliphatic rings. The first-order chi connectivity index (χ1) is 7.10.